The van der Waals surface area contributed by atoms with Crippen LogP contribution in [0.4, 0.5) is 0 Å². The maximum atomic E-state index is 11.6. The fraction of sp³-hybridized carbons (Fsp3) is 0.533. The van der Waals surface area contributed by atoms with Gasteiger partial charge in [-0.1, -0.05) is 12.5 Å². The van der Waals surface area contributed by atoms with Gasteiger partial charge in [-0.15, -0.1) is 0 Å². The van der Waals surface area contributed by atoms with Crippen molar-refractivity contribution < 1.29 is 14.6 Å². The molecule has 98 valence electrons. The highest BCUT2D eigenvalue weighted by molar-refractivity contribution is 5.70. The SMILES string of the molecule is CCOC(=O)C[C@@H]1CCCCc2cc(O)ccc21. The zero-order chi connectivity index (χ0) is 13.0. The molecule has 1 aliphatic rings. The molecule has 18 heavy (non-hydrogen) atoms. The molecule has 3 nitrogen and oxygen atoms in total. The van der Waals surface area contributed by atoms with Crippen LogP contribution in [0.1, 0.15) is 49.7 Å². The molecule has 0 radical (unpaired) electrons. The van der Waals surface area contributed by atoms with Gasteiger partial charge in [-0.3, -0.25) is 4.79 Å². The topological polar surface area (TPSA) is 46.5 Å². The van der Waals surface area contributed by atoms with Gasteiger partial charge >= 0.3 is 5.97 Å². The second-order valence-electron chi connectivity index (χ2n) is 4.83. The molecule has 0 aliphatic heterocycles. The van der Waals surface area contributed by atoms with Gasteiger partial charge in [0, 0.05) is 0 Å². The van der Waals surface area contributed by atoms with Crippen LogP contribution in [-0.2, 0) is 16.0 Å². The summed E-state index contributed by atoms with van der Waals surface area (Å²) in [7, 11) is 0. The third-order valence-electron chi connectivity index (χ3n) is 3.53. The zero-order valence-corrected chi connectivity index (χ0v) is 10.8. The standard InChI is InChI=1S/C15H20O3/c1-2-18-15(17)10-12-6-4-3-5-11-9-13(16)7-8-14(11)12/h7-9,12,16H,2-6,10H2,1H3/t12-/m0/s1. The number of rotatable bonds is 3. The van der Waals surface area contributed by atoms with Gasteiger partial charge in [-0.05, 0) is 55.4 Å². The molecular formula is C15H20O3. The molecule has 0 unspecified atom stereocenters. The molecule has 1 aliphatic carbocycles. The molecule has 1 atom stereocenters. The van der Waals surface area contributed by atoms with Gasteiger partial charge in [0.2, 0.25) is 0 Å². The first-order valence-electron chi connectivity index (χ1n) is 6.68. The van der Waals surface area contributed by atoms with Crippen LogP contribution in [0, 0.1) is 0 Å². The highest BCUT2D eigenvalue weighted by atomic mass is 16.5. The molecule has 3 heteroatoms. The van der Waals surface area contributed by atoms with Crippen LogP contribution in [0.2, 0.25) is 0 Å². The summed E-state index contributed by atoms with van der Waals surface area (Å²) in [5.74, 6) is 0.427. The maximum Gasteiger partial charge on any atom is 0.306 e. The number of phenolic OH excluding ortho intramolecular Hbond substituents is 1. The molecule has 2 rings (SSSR count). The highest BCUT2D eigenvalue weighted by Gasteiger charge is 2.22. The first kappa shape index (κ1) is 12.9. The number of aromatic hydroxyl groups is 1. The average molecular weight is 248 g/mol. The lowest BCUT2D eigenvalue weighted by Crippen LogP contribution is -2.11. The Hall–Kier alpha value is -1.51. The van der Waals surface area contributed by atoms with Gasteiger partial charge < -0.3 is 9.84 Å². The van der Waals surface area contributed by atoms with E-state index >= 15 is 0 Å². The number of ether oxygens (including phenoxy) is 1. The van der Waals surface area contributed by atoms with Crippen molar-refractivity contribution in [2.24, 2.45) is 0 Å². The Morgan fingerprint density at radius 1 is 1.44 bits per heavy atom. The minimum Gasteiger partial charge on any atom is -0.508 e. The van der Waals surface area contributed by atoms with Crippen LogP contribution < -0.4 is 0 Å². The number of hydrogen-bond acceptors (Lipinski definition) is 3. The molecule has 0 fully saturated rings. The maximum absolute atomic E-state index is 11.6. The lowest BCUT2D eigenvalue weighted by molar-refractivity contribution is -0.143. The van der Waals surface area contributed by atoms with E-state index in [9.17, 15) is 9.90 Å². The van der Waals surface area contributed by atoms with Gasteiger partial charge in [0.1, 0.15) is 5.75 Å². The summed E-state index contributed by atoms with van der Waals surface area (Å²) >= 11 is 0. The summed E-state index contributed by atoms with van der Waals surface area (Å²) in [5, 5.41) is 9.54. The second kappa shape index (κ2) is 5.89. The van der Waals surface area contributed by atoms with Gasteiger partial charge in [-0.2, -0.15) is 0 Å². The van der Waals surface area contributed by atoms with E-state index in [0.29, 0.717) is 18.8 Å². The molecule has 0 saturated heterocycles. The summed E-state index contributed by atoms with van der Waals surface area (Å²) in [6.07, 6.45) is 4.71. The molecule has 1 N–H and O–H groups in total. The van der Waals surface area contributed by atoms with Gasteiger partial charge in [0.05, 0.1) is 13.0 Å². The van der Waals surface area contributed by atoms with E-state index < -0.39 is 0 Å². The predicted octanol–water partition coefficient (Wildman–Crippen LogP) is 3.16. The monoisotopic (exact) mass is 248 g/mol. The molecule has 0 amide bonds. The van der Waals surface area contributed by atoms with E-state index in [-0.39, 0.29) is 11.9 Å². The normalized spacial score (nSPS) is 18.8. The number of fused-ring (bicyclic) bond motifs is 1. The predicted molar refractivity (Wildman–Crippen MR) is 69.7 cm³/mol. The molecule has 0 spiro atoms. The molecule has 0 bridgehead atoms. The fourth-order valence-corrected chi connectivity index (χ4v) is 2.70. The second-order valence-corrected chi connectivity index (χ2v) is 4.83. The van der Waals surface area contributed by atoms with Crippen molar-refractivity contribution in [3.63, 3.8) is 0 Å². The summed E-state index contributed by atoms with van der Waals surface area (Å²) in [5.41, 5.74) is 2.39. The number of carbonyl (C=O) groups excluding carboxylic acids is 1. The van der Waals surface area contributed by atoms with E-state index in [0.717, 1.165) is 25.7 Å². The van der Waals surface area contributed by atoms with Crippen LogP contribution in [0.15, 0.2) is 18.2 Å². The Bertz CT molecular complexity index is 426. The number of esters is 1. The van der Waals surface area contributed by atoms with E-state index in [1.807, 2.05) is 19.1 Å². The average Bonchev–Trinajstić information content (AvgIpc) is 2.52. The van der Waals surface area contributed by atoms with Crippen LogP contribution in [0.5, 0.6) is 5.75 Å². The van der Waals surface area contributed by atoms with Crippen molar-refractivity contribution in [2.75, 3.05) is 6.61 Å². The Morgan fingerprint density at radius 3 is 3.06 bits per heavy atom. The summed E-state index contributed by atoms with van der Waals surface area (Å²) in [6, 6.07) is 5.50. The molecule has 1 aromatic carbocycles. The Morgan fingerprint density at radius 2 is 2.28 bits per heavy atom. The number of carbonyl (C=O) groups is 1. The number of phenols is 1. The van der Waals surface area contributed by atoms with E-state index in [1.54, 1.807) is 6.07 Å². The quantitative estimate of drug-likeness (QED) is 0.660. The summed E-state index contributed by atoms with van der Waals surface area (Å²) < 4.78 is 5.04. The van der Waals surface area contributed by atoms with Gasteiger partial charge in [0.25, 0.3) is 0 Å². The molecule has 0 saturated carbocycles. The molecular weight excluding hydrogens is 228 g/mol. The Kier molecular flexibility index (Phi) is 4.24. The number of benzene rings is 1. The minimum absolute atomic E-state index is 0.122. The zero-order valence-electron chi connectivity index (χ0n) is 10.8. The van der Waals surface area contributed by atoms with Crippen molar-refractivity contribution in [2.45, 2.75) is 44.9 Å². The number of aryl methyl sites for hydroxylation is 1. The third-order valence-corrected chi connectivity index (χ3v) is 3.53. The molecule has 0 aromatic heterocycles. The lowest BCUT2D eigenvalue weighted by Gasteiger charge is -2.17. The largest absolute Gasteiger partial charge is 0.508 e. The first-order chi connectivity index (χ1) is 8.70. The Balaban J connectivity index is 2.19. The fourth-order valence-electron chi connectivity index (χ4n) is 2.70. The van der Waals surface area contributed by atoms with Crippen LogP contribution in [-0.4, -0.2) is 17.7 Å². The van der Waals surface area contributed by atoms with Crippen LogP contribution in [0.3, 0.4) is 0 Å². The van der Waals surface area contributed by atoms with E-state index in [4.69, 9.17) is 4.74 Å². The number of hydrogen-bond donors (Lipinski definition) is 1. The third kappa shape index (κ3) is 3.03. The van der Waals surface area contributed by atoms with Gasteiger partial charge in [0.15, 0.2) is 0 Å². The van der Waals surface area contributed by atoms with Crippen LogP contribution in [0.25, 0.3) is 0 Å². The van der Waals surface area contributed by atoms with Crippen molar-refractivity contribution in [3.05, 3.63) is 29.3 Å². The van der Waals surface area contributed by atoms with E-state index in [2.05, 4.69) is 0 Å². The summed E-state index contributed by atoms with van der Waals surface area (Å²) in [6.45, 7) is 2.27. The first-order valence-corrected chi connectivity index (χ1v) is 6.68. The lowest BCUT2D eigenvalue weighted by atomic mass is 9.90. The minimum atomic E-state index is -0.122. The van der Waals surface area contributed by atoms with Crippen LogP contribution >= 0.6 is 0 Å². The molecule has 1 aromatic rings. The van der Waals surface area contributed by atoms with E-state index in [1.165, 1.54) is 11.1 Å². The van der Waals surface area contributed by atoms with Crippen molar-refractivity contribution in [1.29, 1.82) is 0 Å². The smallest absolute Gasteiger partial charge is 0.306 e. The summed E-state index contributed by atoms with van der Waals surface area (Å²) in [4.78, 5) is 11.6. The van der Waals surface area contributed by atoms with Crippen molar-refractivity contribution in [3.8, 4) is 5.75 Å². The van der Waals surface area contributed by atoms with Crippen molar-refractivity contribution in [1.82, 2.24) is 0 Å². The van der Waals surface area contributed by atoms with Gasteiger partial charge in [-0.25, -0.2) is 0 Å². The highest BCUT2D eigenvalue weighted by Crippen LogP contribution is 2.34. The molecule has 0 heterocycles. The Labute approximate surface area is 108 Å². The van der Waals surface area contributed by atoms with Crippen molar-refractivity contribution >= 4 is 5.97 Å².